The van der Waals surface area contributed by atoms with Crippen LogP contribution < -0.4 is 10.1 Å². The molecule has 1 atom stereocenters. The fraction of sp³-hybridized carbons (Fsp3) is 0.278. The van der Waals surface area contributed by atoms with Crippen LogP contribution in [0.2, 0.25) is 0 Å². The molecule has 0 aliphatic heterocycles. The van der Waals surface area contributed by atoms with Gasteiger partial charge >= 0.3 is 0 Å². The molecule has 22 heavy (non-hydrogen) atoms. The third-order valence-corrected chi connectivity index (χ3v) is 3.47. The first-order valence-corrected chi connectivity index (χ1v) is 7.32. The van der Waals surface area contributed by atoms with Crippen molar-refractivity contribution in [1.29, 1.82) is 0 Å². The van der Waals surface area contributed by atoms with Crippen LogP contribution in [0.3, 0.4) is 0 Å². The Morgan fingerprint density at radius 3 is 2.55 bits per heavy atom. The zero-order chi connectivity index (χ0) is 15.8. The van der Waals surface area contributed by atoms with Crippen molar-refractivity contribution in [3.8, 4) is 5.75 Å². The van der Waals surface area contributed by atoms with Crippen LogP contribution in [0.15, 0.2) is 54.6 Å². The Morgan fingerprint density at radius 1 is 1.14 bits per heavy atom. The summed E-state index contributed by atoms with van der Waals surface area (Å²) in [5.74, 6) is 0.631. The number of nitrogens with one attached hydrogen (secondary N) is 1. The van der Waals surface area contributed by atoms with Crippen LogP contribution in [-0.2, 0) is 11.2 Å². The molecule has 116 valence electrons. The van der Waals surface area contributed by atoms with Crippen LogP contribution in [0.25, 0.3) is 0 Å². The zero-order valence-corrected chi connectivity index (χ0v) is 12.7. The summed E-state index contributed by atoms with van der Waals surface area (Å²) in [6.45, 7) is 0.435. The monoisotopic (exact) mass is 299 g/mol. The van der Waals surface area contributed by atoms with Gasteiger partial charge in [-0.25, -0.2) is 0 Å². The van der Waals surface area contributed by atoms with Gasteiger partial charge in [0.25, 0.3) is 0 Å². The van der Waals surface area contributed by atoms with Crippen molar-refractivity contribution in [2.45, 2.75) is 18.9 Å². The van der Waals surface area contributed by atoms with Crippen molar-refractivity contribution in [3.05, 3.63) is 65.7 Å². The highest BCUT2D eigenvalue weighted by Gasteiger charge is 2.10. The molecular weight excluding hydrogens is 278 g/mol. The molecule has 0 aliphatic carbocycles. The minimum Gasteiger partial charge on any atom is -0.496 e. The molecule has 2 aromatic rings. The molecule has 4 heteroatoms. The molecule has 2 rings (SSSR count). The maximum atomic E-state index is 12.0. The predicted molar refractivity (Wildman–Crippen MR) is 85.7 cm³/mol. The minimum absolute atomic E-state index is 0.0789. The number of ether oxygens (including phenoxy) is 1. The molecule has 0 aromatic heterocycles. The summed E-state index contributed by atoms with van der Waals surface area (Å²) in [5.41, 5.74) is 1.72. The Bertz CT molecular complexity index is 598. The van der Waals surface area contributed by atoms with E-state index in [-0.39, 0.29) is 12.3 Å². The summed E-state index contributed by atoms with van der Waals surface area (Å²) in [7, 11) is 1.59. The lowest BCUT2D eigenvalue weighted by Crippen LogP contribution is -2.27. The lowest BCUT2D eigenvalue weighted by atomic mass is 10.1. The van der Waals surface area contributed by atoms with Crippen molar-refractivity contribution in [2.75, 3.05) is 13.7 Å². The van der Waals surface area contributed by atoms with E-state index in [9.17, 15) is 9.90 Å². The van der Waals surface area contributed by atoms with Crippen LogP contribution in [-0.4, -0.2) is 24.7 Å². The molecule has 0 bridgehead atoms. The molecule has 0 spiro atoms. The van der Waals surface area contributed by atoms with E-state index in [0.29, 0.717) is 18.7 Å². The molecular formula is C18H21NO3. The van der Waals surface area contributed by atoms with Gasteiger partial charge in [0.15, 0.2) is 0 Å². The molecule has 0 fully saturated rings. The van der Waals surface area contributed by atoms with Crippen LogP contribution in [0.5, 0.6) is 5.75 Å². The van der Waals surface area contributed by atoms with E-state index in [1.165, 1.54) is 0 Å². The van der Waals surface area contributed by atoms with E-state index in [4.69, 9.17) is 4.74 Å². The van der Waals surface area contributed by atoms with E-state index >= 15 is 0 Å². The molecule has 0 heterocycles. The SMILES string of the molecule is COc1ccccc1CC(=O)NCCC(O)c1ccccc1. The normalized spacial score (nSPS) is 11.7. The van der Waals surface area contributed by atoms with Gasteiger partial charge in [0, 0.05) is 12.1 Å². The molecule has 1 amide bonds. The Labute approximate surface area is 130 Å². The van der Waals surface area contributed by atoms with Crippen molar-refractivity contribution < 1.29 is 14.6 Å². The van der Waals surface area contributed by atoms with Crippen molar-refractivity contribution in [3.63, 3.8) is 0 Å². The summed E-state index contributed by atoms with van der Waals surface area (Å²) in [5, 5.41) is 12.9. The second-order valence-corrected chi connectivity index (χ2v) is 5.05. The number of benzene rings is 2. The van der Waals surface area contributed by atoms with Crippen LogP contribution in [0.1, 0.15) is 23.7 Å². The molecule has 0 saturated heterocycles. The first-order chi connectivity index (χ1) is 10.7. The van der Waals surface area contributed by atoms with Gasteiger partial charge in [-0.1, -0.05) is 48.5 Å². The quantitative estimate of drug-likeness (QED) is 0.826. The molecule has 2 N–H and O–H groups in total. The number of carbonyl (C=O) groups excluding carboxylic acids is 1. The summed E-state index contributed by atoms with van der Waals surface area (Å²) in [6.07, 6.45) is 0.195. The third kappa shape index (κ3) is 4.60. The number of amides is 1. The van der Waals surface area contributed by atoms with Gasteiger partial charge in [0.1, 0.15) is 5.75 Å². The lowest BCUT2D eigenvalue weighted by Gasteiger charge is -2.12. The average Bonchev–Trinajstić information content (AvgIpc) is 2.56. The first-order valence-electron chi connectivity index (χ1n) is 7.32. The Hall–Kier alpha value is -2.33. The molecule has 0 saturated carbocycles. The summed E-state index contributed by atoms with van der Waals surface area (Å²) in [6, 6.07) is 16.9. The summed E-state index contributed by atoms with van der Waals surface area (Å²) in [4.78, 5) is 12.0. The fourth-order valence-corrected chi connectivity index (χ4v) is 2.27. The molecule has 1 unspecified atom stereocenters. The Kier molecular flexibility index (Phi) is 5.98. The Balaban J connectivity index is 1.78. The van der Waals surface area contributed by atoms with Gasteiger partial charge in [0.05, 0.1) is 19.6 Å². The molecule has 4 nitrogen and oxygen atoms in total. The smallest absolute Gasteiger partial charge is 0.224 e. The summed E-state index contributed by atoms with van der Waals surface area (Å²) < 4.78 is 5.23. The zero-order valence-electron chi connectivity index (χ0n) is 12.7. The fourth-order valence-electron chi connectivity index (χ4n) is 2.27. The minimum atomic E-state index is -0.562. The largest absolute Gasteiger partial charge is 0.496 e. The summed E-state index contributed by atoms with van der Waals surface area (Å²) >= 11 is 0. The number of hydrogen-bond acceptors (Lipinski definition) is 3. The number of aliphatic hydroxyl groups excluding tert-OH is 1. The van der Waals surface area contributed by atoms with Gasteiger partial charge in [-0.2, -0.15) is 0 Å². The van der Waals surface area contributed by atoms with Gasteiger partial charge in [-0.15, -0.1) is 0 Å². The number of aliphatic hydroxyl groups is 1. The highest BCUT2D eigenvalue weighted by Crippen LogP contribution is 2.18. The number of methoxy groups -OCH3 is 1. The highest BCUT2D eigenvalue weighted by atomic mass is 16.5. The van der Waals surface area contributed by atoms with E-state index in [2.05, 4.69) is 5.32 Å². The van der Waals surface area contributed by atoms with Crippen molar-refractivity contribution in [2.24, 2.45) is 0 Å². The van der Waals surface area contributed by atoms with Crippen molar-refractivity contribution in [1.82, 2.24) is 5.32 Å². The van der Waals surface area contributed by atoms with Gasteiger partial charge in [0.2, 0.25) is 5.91 Å². The number of carbonyl (C=O) groups is 1. The number of rotatable bonds is 7. The van der Waals surface area contributed by atoms with Gasteiger partial charge in [-0.3, -0.25) is 4.79 Å². The Morgan fingerprint density at radius 2 is 1.82 bits per heavy atom. The second kappa shape index (κ2) is 8.20. The molecule has 0 radical (unpaired) electrons. The van der Waals surface area contributed by atoms with Crippen LogP contribution >= 0.6 is 0 Å². The predicted octanol–water partition coefficient (Wildman–Crippen LogP) is 2.48. The van der Waals surface area contributed by atoms with Crippen LogP contribution in [0, 0.1) is 0 Å². The van der Waals surface area contributed by atoms with Gasteiger partial charge in [-0.05, 0) is 18.1 Å². The third-order valence-electron chi connectivity index (χ3n) is 3.47. The number of para-hydroxylation sites is 1. The maximum absolute atomic E-state index is 12.0. The highest BCUT2D eigenvalue weighted by molar-refractivity contribution is 5.79. The second-order valence-electron chi connectivity index (χ2n) is 5.05. The maximum Gasteiger partial charge on any atom is 0.224 e. The number of hydrogen-bond donors (Lipinski definition) is 2. The molecule has 0 aliphatic rings. The van der Waals surface area contributed by atoms with Crippen LogP contribution in [0.4, 0.5) is 0 Å². The van der Waals surface area contributed by atoms with E-state index in [1.807, 2.05) is 54.6 Å². The van der Waals surface area contributed by atoms with E-state index in [0.717, 1.165) is 11.1 Å². The lowest BCUT2D eigenvalue weighted by molar-refractivity contribution is -0.120. The van der Waals surface area contributed by atoms with Gasteiger partial charge < -0.3 is 15.2 Å². The molecule has 2 aromatic carbocycles. The topological polar surface area (TPSA) is 58.6 Å². The average molecular weight is 299 g/mol. The van der Waals surface area contributed by atoms with Crippen molar-refractivity contribution >= 4 is 5.91 Å². The standard InChI is InChI=1S/C18H21NO3/c1-22-17-10-6-5-9-15(17)13-18(21)19-12-11-16(20)14-7-3-2-4-8-14/h2-10,16,20H,11-13H2,1H3,(H,19,21). The van der Waals surface area contributed by atoms with E-state index < -0.39 is 6.10 Å². The van der Waals surface area contributed by atoms with E-state index in [1.54, 1.807) is 7.11 Å². The first kappa shape index (κ1) is 16.0.